The van der Waals surface area contributed by atoms with Crippen LogP contribution in [-0.2, 0) is 24.2 Å². The number of carbonyl (C=O) groups is 5. The molecule has 0 amide bonds. The van der Waals surface area contributed by atoms with Crippen LogP contribution in [0.25, 0.3) is 0 Å². The first-order valence-corrected chi connectivity index (χ1v) is 21.4. The maximum absolute atomic E-state index is 11.9. The molecule has 0 aliphatic carbocycles. The number of ketones is 3. The van der Waals surface area contributed by atoms with E-state index < -0.39 is 42.1 Å². The highest BCUT2D eigenvalue weighted by Crippen LogP contribution is 2.30. The van der Waals surface area contributed by atoms with Crippen LogP contribution >= 0.6 is 36.2 Å². The molecule has 3 aromatic rings. The molecule has 0 saturated carbocycles. The largest absolute Gasteiger partial charge is 0.409 e. The van der Waals surface area contributed by atoms with E-state index in [-0.39, 0.29) is 41.4 Å². The van der Waals surface area contributed by atoms with Crippen LogP contribution in [0, 0.1) is 0 Å². The number of benzene rings is 3. The van der Waals surface area contributed by atoms with Crippen molar-refractivity contribution in [3.05, 3.63) is 115 Å². The fourth-order valence-corrected chi connectivity index (χ4v) is 5.46. The van der Waals surface area contributed by atoms with Crippen molar-refractivity contribution in [2.45, 2.75) is 77.2 Å². The number of rotatable bonds is 14. The van der Waals surface area contributed by atoms with Gasteiger partial charge in [0.15, 0.2) is 0 Å². The molecule has 1 atom stereocenters. The molecule has 0 aliphatic rings. The number of thioether (sulfide) groups is 2. The van der Waals surface area contributed by atoms with Gasteiger partial charge in [-0.3, -0.25) is 14.4 Å². The summed E-state index contributed by atoms with van der Waals surface area (Å²) in [6, 6.07) is 26.8. The molecule has 3 rings (SSSR count). The summed E-state index contributed by atoms with van der Waals surface area (Å²) >= 11 is 5.77. The Kier molecular flexibility index (Phi) is 35.9. The van der Waals surface area contributed by atoms with Crippen molar-refractivity contribution < 1.29 is 73.3 Å². The standard InChI is InChI=1S/C14H10O4.C8H11N.2C7H11F3OS.C4H8OS.C3H3F3/c15-13(11-7-3-1-4-8-11)17-18-14(16)12-9-5-2-6-10-12;1-9(2)8-6-4-3-5-7-8;1-5(11)3-4-12-6(2)7(8,9)10;1-6(11)2-4-12-5-3-7(8,9)10;1-4(5)2-3-6;1-2-3(4,5)6/h1-10H;3-7H,1-2H3;6H,3-4H2,1-2H3;2-5H2,1H3;6H,2-3H2,1H3;2H,1H2. The van der Waals surface area contributed by atoms with Gasteiger partial charge >= 0.3 is 30.5 Å². The van der Waals surface area contributed by atoms with E-state index >= 15 is 0 Å². The van der Waals surface area contributed by atoms with Gasteiger partial charge in [-0.1, -0.05) is 61.2 Å². The molecular formula is C43H54F9NO7S3. The smallest absolute Gasteiger partial charge is 0.378 e. The summed E-state index contributed by atoms with van der Waals surface area (Å²) < 4.78 is 102. The van der Waals surface area contributed by atoms with Gasteiger partial charge in [-0.05, 0) is 69.8 Å². The topological polar surface area (TPSA) is 107 Å². The minimum atomic E-state index is -4.19. The molecule has 0 fully saturated rings. The zero-order valence-corrected chi connectivity index (χ0v) is 38.2. The highest BCUT2D eigenvalue weighted by molar-refractivity contribution is 8.00. The predicted octanol–water partition coefficient (Wildman–Crippen LogP) is 12.3. The molecule has 63 heavy (non-hydrogen) atoms. The molecule has 0 heterocycles. The first-order chi connectivity index (χ1) is 29.2. The first kappa shape index (κ1) is 62.9. The van der Waals surface area contributed by atoms with Crippen LogP contribution in [0.1, 0.15) is 74.1 Å². The fourth-order valence-electron chi connectivity index (χ4n) is 3.18. The third kappa shape index (κ3) is 44.0. The van der Waals surface area contributed by atoms with E-state index in [0.717, 1.165) is 18.7 Å². The minimum absolute atomic E-state index is 0.0227. The van der Waals surface area contributed by atoms with Gasteiger partial charge in [0.25, 0.3) is 0 Å². The number of carbonyl (C=O) groups excluding carboxylic acids is 5. The van der Waals surface area contributed by atoms with Gasteiger partial charge in [0, 0.05) is 62.4 Å². The lowest BCUT2D eigenvalue weighted by molar-refractivity contribution is -0.187. The normalized spacial score (nSPS) is 10.9. The zero-order valence-electron chi connectivity index (χ0n) is 35.6. The Hall–Kier alpha value is -4.43. The molecule has 20 heteroatoms. The summed E-state index contributed by atoms with van der Waals surface area (Å²) in [7, 11) is 4.07. The number of para-hydroxylation sites is 1. The summed E-state index contributed by atoms with van der Waals surface area (Å²) in [5.41, 5.74) is 1.88. The highest BCUT2D eigenvalue weighted by atomic mass is 32.2. The second kappa shape index (κ2) is 36.0. The lowest BCUT2D eigenvalue weighted by Crippen LogP contribution is -2.22. The number of hydrogen-bond donors (Lipinski definition) is 1. The molecule has 0 bridgehead atoms. The van der Waals surface area contributed by atoms with Crippen LogP contribution in [0.15, 0.2) is 104 Å². The Bertz CT molecular complexity index is 1650. The highest BCUT2D eigenvalue weighted by Gasteiger charge is 2.36. The van der Waals surface area contributed by atoms with Crippen molar-refractivity contribution in [3.8, 4) is 0 Å². The molecule has 8 nitrogen and oxygen atoms in total. The molecular weight excluding hydrogens is 910 g/mol. The average molecular weight is 964 g/mol. The SMILES string of the molecule is C=CC(F)(F)F.CC(=O)CCS.CC(=O)CCSC(C)C(F)(F)F.CC(=O)CCSCCC(F)(F)F.CN(C)c1ccccc1.O=C(OOC(=O)c1ccccc1)c1ccccc1. The zero-order chi connectivity index (χ0) is 49.1. The van der Waals surface area contributed by atoms with Crippen LogP contribution < -0.4 is 4.90 Å². The molecule has 1 unspecified atom stereocenters. The maximum Gasteiger partial charge on any atom is 0.409 e. The second-order valence-corrected chi connectivity index (χ2v) is 15.7. The van der Waals surface area contributed by atoms with Crippen LogP contribution in [0.4, 0.5) is 45.2 Å². The molecule has 0 saturated heterocycles. The number of nitrogens with zero attached hydrogens (tertiary/aromatic N) is 1. The van der Waals surface area contributed by atoms with E-state index in [1.807, 2.05) is 32.3 Å². The van der Waals surface area contributed by atoms with Crippen molar-refractivity contribution >= 4 is 71.1 Å². The van der Waals surface area contributed by atoms with Crippen LogP contribution in [0.5, 0.6) is 0 Å². The third-order valence-electron chi connectivity index (χ3n) is 6.59. The monoisotopic (exact) mass is 963 g/mol. The average Bonchev–Trinajstić information content (AvgIpc) is 3.20. The molecule has 354 valence electrons. The van der Waals surface area contributed by atoms with Crippen molar-refractivity contribution in [1.82, 2.24) is 0 Å². The minimum Gasteiger partial charge on any atom is -0.378 e. The summed E-state index contributed by atoms with van der Waals surface area (Å²) in [6.45, 7) is 7.98. The van der Waals surface area contributed by atoms with Gasteiger partial charge in [0.1, 0.15) is 17.3 Å². The summed E-state index contributed by atoms with van der Waals surface area (Å²) in [4.78, 5) is 64.7. The van der Waals surface area contributed by atoms with Gasteiger partial charge < -0.3 is 4.90 Å². The molecule has 0 aromatic heterocycles. The van der Waals surface area contributed by atoms with Gasteiger partial charge in [-0.25, -0.2) is 19.4 Å². The summed E-state index contributed by atoms with van der Waals surface area (Å²) in [6.07, 6.45) is -12.1. The summed E-state index contributed by atoms with van der Waals surface area (Å²) in [5, 5.41) is -1.38. The van der Waals surface area contributed by atoms with E-state index in [1.165, 1.54) is 31.3 Å². The second-order valence-electron chi connectivity index (χ2n) is 12.6. The quantitative estimate of drug-likeness (QED) is 0.0419. The van der Waals surface area contributed by atoms with Crippen molar-refractivity contribution in [1.29, 1.82) is 0 Å². The first-order valence-electron chi connectivity index (χ1n) is 18.5. The number of halogens is 9. The lowest BCUT2D eigenvalue weighted by atomic mass is 10.2. The Morgan fingerprint density at radius 2 is 1.02 bits per heavy atom. The van der Waals surface area contributed by atoms with E-state index in [0.29, 0.717) is 35.5 Å². The number of alkyl halides is 9. The third-order valence-corrected chi connectivity index (χ3v) is 9.01. The number of anilines is 1. The van der Waals surface area contributed by atoms with Crippen LogP contribution in [0.2, 0.25) is 0 Å². The van der Waals surface area contributed by atoms with Crippen LogP contribution in [-0.4, -0.2) is 90.2 Å². The van der Waals surface area contributed by atoms with Crippen LogP contribution in [0.3, 0.4) is 0 Å². The molecule has 0 spiro atoms. The van der Waals surface area contributed by atoms with E-state index in [1.54, 1.807) is 67.6 Å². The number of hydrogen-bond acceptors (Lipinski definition) is 11. The fraction of sp³-hybridized carbons (Fsp3) is 0.419. The van der Waals surface area contributed by atoms with E-state index in [2.05, 4.69) is 46.0 Å². The van der Waals surface area contributed by atoms with Crippen molar-refractivity contribution in [2.75, 3.05) is 42.0 Å². The predicted molar refractivity (Wildman–Crippen MR) is 236 cm³/mol. The Morgan fingerprint density at radius 1 is 0.651 bits per heavy atom. The number of Topliss-reactive ketones (excluding diaryl/α,β-unsaturated/α-hetero) is 3. The Balaban J connectivity index is -0.000000717. The molecule has 0 N–H and O–H groups in total. The lowest BCUT2D eigenvalue weighted by Gasteiger charge is -2.13. The maximum atomic E-state index is 11.9. The molecule has 0 radical (unpaired) electrons. The molecule has 3 aromatic carbocycles. The van der Waals surface area contributed by atoms with Crippen molar-refractivity contribution in [3.63, 3.8) is 0 Å². The van der Waals surface area contributed by atoms with E-state index in [9.17, 15) is 63.5 Å². The van der Waals surface area contributed by atoms with Gasteiger partial charge in [0.05, 0.1) is 22.8 Å². The van der Waals surface area contributed by atoms with Crippen molar-refractivity contribution in [2.24, 2.45) is 0 Å². The Morgan fingerprint density at radius 3 is 1.29 bits per heavy atom. The summed E-state index contributed by atoms with van der Waals surface area (Å²) in [5.74, 6) is 0.212. The van der Waals surface area contributed by atoms with E-state index in [4.69, 9.17) is 0 Å². The Labute approximate surface area is 377 Å². The number of allylic oxidation sites excluding steroid dienone is 1. The van der Waals surface area contributed by atoms with Gasteiger partial charge in [0.2, 0.25) is 0 Å². The van der Waals surface area contributed by atoms with Gasteiger partial charge in [-0.2, -0.15) is 63.9 Å². The number of thiol groups is 1. The molecule has 0 aliphatic heterocycles. The van der Waals surface area contributed by atoms with Gasteiger partial charge in [-0.15, -0.1) is 11.8 Å².